The predicted molar refractivity (Wildman–Crippen MR) is 46.6 cm³/mol. The topological polar surface area (TPSA) is 26.0 Å². The van der Waals surface area contributed by atoms with Crippen LogP contribution in [0.5, 0.6) is 0 Å². The van der Waals surface area contributed by atoms with Crippen molar-refractivity contribution in [1.29, 1.82) is 0 Å². The van der Waals surface area contributed by atoms with Gasteiger partial charge in [0.05, 0.1) is 0 Å². The van der Waals surface area contributed by atoms with Gasteiger partial charge in [-0.05, 0) is 30.0 Å². The third-order valence-corrected chi connectivity index (χ3v) is 2.54. The fourth-order valence-corrected chi connectivity index (χ4v) is 1.81. The fraction of sp³-hybridized carbons (Fsp3) is 0.400. The van der Waals surface area contributed by atoms with Gasteiger partial charge >= 0.3 is 0 Å². The summed E-state index contributed by atoms with van der Waals surface area (Å²) in [5.41, 5.74) is 7.91. The third kappa shape index (κ3) is 1.44. The van der Waals surface area contributed by atoms with Crippen LogP contribution in [0, 0.1) is 0 Å². The van der Waals surface area contributed by atoms with E-state index in [0.29, 0.717) is 0 Å². The molecule has 1 aromatic carbocycles. The maximum Gasteiger partial charge on any atom is 0.263 e. The molecule has 0 saturated heterocycles. The molecule has 0 unspecified atom stereocenters. The van der Waals surface area contributed by atoms with Crippen molar-refractivity contribution < 1.29 is 8.78 Å². The Labute approximate surface area is 75.6 Å². The van der Waals surface area contributed by atoms with Gasteiger partial charge in [0.1, 0.15) is 0 Å². The largest absolute Gasteiger partial charge is 0.324 e. The summed E-state index contributed by atoms with van der Waals surface area (Å²) in [4.78, 5) is 0. The highest BCUT2D eigenvalue weighted by Gasteiger charge is 2.20. The van der Waals surface area contributed by atoms with Crippen molar-refractivity contribution in [2.24, 2.45) is 5.73 Å². The average Bonchev–Trinajstić information content (AvgIpc) is 2.47. The van der Waals surface area contributed by atoms with Crippen molar-refractivity contribution in [3.05, 3.63) is 34.9 Å². The van der Waals surface area contributed by atoms with E-state index < -0.39 is 6.43 Å². The number of benzene rings is 1. The SMILES string of the molecule is N[C@@H]1CCc2cc(C(F)F)ccc21. The van der Waals surface area contributed by atoms with Crippen molar-refractivity contribution in [3.63, 3.8) is 0 Å². The standard InChI is InChI=1S/C10H11F2N/c11-10(12)7-1-3-8-6(5-7)2-4-9(8)13/h1,3,5,9-10H,2,4,13H2/t9-/m1/s1. The lowest BCUT2D eigenvalue weighted by molar-refractivity contribution is 0.151. The lowest BCUT2D eigenvalue weighted by Crippen LogP contribution is -2.05. The molecule has 1 nitrogen and oxygen atoms in total. The molecule has 0 bridgehead atoms. The Morgan fingerprint density at radius 1 is 1.38 bits per heavy atom. The van der Waals surface area contributed by atoms with E-state index in [1.807, 2.05) is 0 Å². The molecule has 13 heavy (non-hydrogen) atoms. The van der Waals surface area contributed by atoms with Gasteiger partial charge < -0.3 is 5.73 Å². The number of aryl methyl sites for hydroxylation is 1. The number of fused-ring (bicyclic) bond motifs is 1. The average molecular weight is 183 g/mol. The second-order valence-electron chi connectivity index (χ2n) is 3.40. The summed E-state index contributed by atoms with van der Waals surface area (Å²) in [5.74, 6) is 0. The van der Waals surface area contributed by atoms with E-state index in [1.165, 1.54) is 6.07 Å². The molecule has 0 aliphatic heterocycles. The normalized spacial score (nSPS) is 20.8. The van der Waals surface area contributed by atoms with E-state index in [-0.39, 0.29) is 11.6 Å². The van der Waals surface area contributed by atoms with Crippen LogP contribution in [0.25, 0.3) is 0 Å². The second kappa shape index (κ2) is 3.07. The smallest absolute Gasteiger partial charge is 0.263 e. The Balaban J connectivity index is 2.40. The minimum Gasteiger partial charge on any atom is -0.324 e. The molecule has 2 rings (SSSR count). The molecule has 1 aliphatic carbocycles. The Kier molecular flexibility index (Phi) is 2.04. The van der Waals surface area contributed by atoms with Gasteiger partial charge in [-0.1, -0.05) is 12.1 Å². The van der Waals surface area contributed by atoms with Gasteiger partial charge in [0.25, 0.3) is 6.43 Å². The molecule has 0 fully saturated rings. The summed E-state index contributed by atoms with van der Waals surface area (Å²) >= 11 is 0. The summed E-state index contributed by atoms with van der Waals surface area (Å²) in [5, 5.41) is 0. The van der Waals surface area contributed by atoms with E-state index in [9.17, 15) is 8.78 Å². The molecule has 2 N–H and O–H groups in total. The van der Waals surface area contributed by atoms with Gasteiger partial charge in [0.2, 0.25) is 0 Å². The molecule has 1 aliphatic rings. The molecule has 1 aromatic rings. The van der Waals surface area contributed by atoms with Gasteiger partial charge in [-0.15, -0.1) is 0 Å². The van der Waals surface area contributed by atoms with Gasteiger partial charge in [0.15, 0.2) is 0 Å². The van der Waals surface area contributed by atoms with Crippen molar-refractivity contribution in [1.82, 2.24) is 0 Å². The molecule has 70 valence electrons. The molecule has 0 spiro atoms. The van der Waals surface area contributed by atoms with Crippen LogP contribution >= 0.6 is 0 Å². The maximum absolute atomic E-state index is 12.3. The fourth-order valence-electron chi connectivity index (χ4n) is 1.81. The molecule has 0 amide bonds. The monoisotopic (exact) mass is 183 g/mol. The van der Waals surface area contributed by atoms with Crippen LogP contribution in [-0.2, 0) is 6.42 Å². The Morgan fingerprint density at radius 3 is 2.85 bits per heavy atom. The Morgan fingerprint density at radius 2 is 2.15 bits per heavy atom. The van der Waals surface area contributed by atoms with Gasteiger partial charge in [-0.25, -0.2) is 8.78 Å². The molecule has 0 saturated carbocycles. The minimum atomic E-state index is -2.37. The first kappa shape index (κ1) is 8.63. The van der Waals surface area contributed by atoms with E-state index >= 15 is 0 Å². The number of rotatable bonds is 1. The number of nitrogens with two attached hydrogens (primary N) is 1. The lowest BCUT2D eigenvalue weighted by atomic mass is 10.1. The number of alkyl halides is 2. The first-order valence-corrected chi connectivity index (χ1v) is 4.35. The Hall–Kier alpha value is -0.960. The quantitative estimate of drug-likeness (QED) is 0.711. The number of hydrogen-bond donors (Lipinski definition) is 1. The molecule has 0 aromatic heterocycles. The van der Waals surface area contributed by atoms with E-state index in [0.717, 1.165) is 24.0 Å². The van der Waals surface area contributed by atoms with Gasteiger partial charge in [0, 0.05) is 11.6 Å². The van der Waals surface area contributed by atoms with E-state index in [4.69, 9.17) is 5.73 Å². The van der Waals surface area contributed by atoms with Crippen molar-refractivity contribution in [3.8, 4) is 0 Å². The van der Waals surface area contributed by atoms with Crippen LogP contribution in [0.2, 0.25) is 0 Å². The summed E-state index contributed by atoms with van der Waals surface area (Å²) in [7, 11) is 0. The zero-order valence-corrected chi connectivity index (χ0v) is 7.13. The maximum atomic E-state index is 12.3. The van der Waals surface area contributed by atoms with E-state index in [2.05, 4.69) is 0 Å². The van der Waals surface area contributed by atoms with Gasteiger partial charge in [-0.2, -0.15) is 0 Å². The van der Waals surface area contributed by atoms with Crippen LogP contribution in [0.4, 0.5) is 8.78 Å². The van der Waals surface area contributed by atoms with Crippen LogP contribution in [0.1, 0.15) is 35.6 Å². The summed E-state index contributed by atoms with van der Waals surface area (Å²) in [6.45, 7) is 0. The second-order valence-corrected chi connectivity index (χ2v) is 3.40. The zero-order valence-electron chi connectivity index (χ0n) is 7.13. The van der Waals surface area contributed by atoms with Crippen LogP contribution < -0.4 is 5.73 Å². The molecule has 1 atom stereocenters. The van der Waals surface area contributed by atoms with Crippen LogP contribution in [0.3, 0.4) is 0 Å². The third-order valence-electron chi connectivity index (χ3n) is 2.54. The van der Waals surface area contributed by atoms with E-state index in [1.54, 1.807) is 12.1 Å². The molecule has 0 heterocycles. The Bertz CT molecular complexity index is 323. The molecular formula is C10H11F2N. The van der Waals surface area contributed by atoms with Crippen molar-refractivity contribution >= 4 is 0 Å². The first-order valence-electron chi connectivity index (χ1n) is 4.35. The predicted octanol–water partition coefficient (Wildman–Crippen LogP) is 2.57. The molecular weight excluding hydrogens is 172 g/mol. The van der Waals surface area contributed by atoms with Gasteiger partial charge in [-0.3, -0.25) is 0 Å². The first-order chi connectivity index (χ1) is 6.18. The summed E-state index contributed by atoms with van der Waals surface area (Å²) in [6.07, 6.45) is -0.666. The summed E-state index contributed by atoms with van der Waals surface area (Å²) < 4.78 is 24.6. The zero-order chi connectivity index (χ0) is 9.42. The number of halogens is 2. The molecule has 3 heteroatoms. The van der Waals surface area contributed by atoms with Crippen molar-refractivity contribution in [2.45, 2.75) is 25.3 Å². The highest BCUT2D eigenvalue weighted by atomic mass is 19.3. The van der Waals surface area contributed by atoms with Crippen molar-refractivity contribution in [2.75, 3.05) is 0 Å². The lowest BCUT2D eigenvalue weighted by Gasteiger charge is -2.06. The molecule has 0 radical (unpaired) electrons. The highest BCUT2D eigenvalue weighted by molar-refractivity contribution is 5.38. The number of hydrogen-bond acceptors (Lipinski definition) is 1. The summed E-state index contributed by atoms with van der Waals surface area (Å²) in [6, 6.07) is 4.82. The highest BCUT2D eigenvalue weighted by Crippen LogP contribution is 2.32. The van der Waals surface area contributed by atoms with Crippen LogP contribution in [-0.4, -0.2) is 0 Å². The minimum absolute atomic E-state index is 0.0433. The van der Waals surface area contributed by atoms with Crippen LogP contribution in [0.15, 0.2) is 18.2 Å².